The van der Waals surface area contributed by atoms with Gasteiger partial charge in [0.25, 0.3) is 11.8 Å². The van der Waals surface area contributed by atoms with Crippen LogP contribution in [-0.4, -0.2) is 47.2 Å². The summed E-state index contributed by atoms with van der Waals surface area (Å²) in [5.41, 5.74) is 0.371. The van der Waals surface area contributed by atoms with E-state index in [-0.39, 0.29) is 23.6 Å². The molecule has 7 nitrogen and oxygen atoms in total. The molecule has 0 unspecified atom stereocenters. The zero-order valence-corrected chi connectivity index (χ0v) is 11.0. The molecule has 1 heterocycles. The predicted molar refractivity (Wildman–Crippen MR) is 66.3 cm³/mol. The van der Waals surface area contributed by atoms with Crippen LogP contribution >= 0.6 is 0 Å². The van der Waals surface area contributed by atoms with E-state index in [9.17, 15) is 19.2 Å². The van der Waals surface area contributed by atoms with Crippen molar-refractivity contribution < 1.29 is 24.0 Å². The van der Waals surface area contributed by atoms with Crippen molar-refractivity contribution in [3.8, 4) is 0 Å². The molecule has 20 heavy (non-hydrogen) atoms. The van der Waals surface area contributed by atoms with Gasteiger partial charge in [0, 0.05) is 14.0 Å². The lowest BCUT2D eigenvalue weighted by Crippen LogP contribution is -2.38. The minimum Gasteiger partial charge on any atom is -0.335 e. The van der Waals surface area contributed by atoms with Gasteiger partial charge in [-0.1, -0.05) is 17.2 Å². The van der Waals surface area contributed by atoms with Crippen LogP contribution in [0.4, 0.5) is 0 Å². The highest BCUT2D eigenvalue weighted by Gasteiger charge is 2.38. The fourth-order valence-corrected chi connectivity index (χ4v) is 1.69. The number of carbonyl (C=O) groups excluding carboxylic acids is 4. The first-order valence-electron chi connectivity index (χ1n) is 5.82. The van der Waals surface area contributed by atoms with Gasteiger partial charge >= 0.3 is 5.97 Å². The Hall–Kier alpha value is -2.70. The number of imide groups is 1. The van der Waals surface area contributed by atoms with Crippen LogP contribution in [0.1, 0.15) is 27.6 Å². The van der Waals surface area contributed by atoms with Crippen LogP contribution in [0.15, 0.2) is 24.3 Å². The van der Waals surface area contributed by atoms with Crippen LogP contribution in [0.25, 0.3) is 0 Å². The molecule has 0 bridgehead atoms. The second kappa shape index (κ2) is 5.12. The number of fused-ring (bicyclic) bond motifs is 1. The van der Waals surface area contributed by atoms with Crippen molar-refractivity contribution in [3.05, 3.63) is 35.4 Å². The number of rotatable bonds is 3. The molecule has 1 aromatic carbocycles. The molecular formula is C13H12N2O5. The molecule has 1 aliphatic rings. The largest absolute Gasteiger partial charge is 0.352 e. The minimum atomic E-state index is -0.864. The van der Waals surface area contributed by atoms with Crippen molar-refractivity contribution in [2.75, 3.05) is 13.6 Å². The van der Waals surface area contributed by atoms with E-state index in [4.69, 9.17) is 4.84 Å². The number of nitrogens with zero attached hydrogens (tertiary/aromatic N) is 2. The Balaban J connectivity index is 2.09. The Bertz CT molecular complexity index is 576. The van der Waals surface area contributed by atoms with Gasteiger partial charge in [0.2, 0.25) is 5.91 Å². The van der Waals surface area contributed by atoms with Gasteiger partial charge in [-0.2, -0.15) is 0 Å². The van der Waals surface area contributed by atoms with E-state index in [1.807, 2.05) is 0 Å². The van der Waals surface area contributed by atoms with Crippen LogP contribution in [0.2, 0.25) is 0 Å². The zero-order valence-electron chi connectivity index (χ0n) is 11.0. The molecule has 7 heteroatoms. The standard InChI is InChI=1S/C13H12N2O5/c1-8(16)14(2)7-11(17)20-15-12(18)9-5-3-4-6-10(9)13(15)19/h3-6H,7H2,1-2H3. The highest BCUT2D eigenvalue weighted by molar-refractivity contribution is 6.20. The van der Waals surface area contributed by atoms with Crippen molar-refractivity contribution in [2.45, 2.75) is 6.92 Å². The number of benzene rings is 1. The quantitative estimate of drug-likeness (QED) is 0.737. The molecule has 0 radical (unpaired) electrons. The van der Waals surface area contributed by atoms with Crippen molar-refractivity contribution in [2.24, 2.45) is 0 Å². The zero-order chi connectivity index (χ0) is 14.9. The van der Waals surface area contributed by atoms with Gasteiger partial charge in [-0.05, 0) is 12.1 Å². The third kappa shape index (κ3) is 2.37. The first kappa shape index (κ1) is 13.7. The minimum absolute atomic E-state index is 0.185. The van der Waals surface area contributed by atoms with Gasteiger partial charge in [-0.25, -0.2) is 4.79 Å². The summed E-state index contributed by atoms with van der Waals surface area (Å²) in [6.45, 7) is 0.942. The molecule has 0 aromatic heterocycles. The fourth-order valence-electron chi connectivity index (χ4n) is 1.69. The van der Waals surface area contributed by atoms with Crippen molar-refractivity contribution in [1.82, 2.24) is 9.96 Å². The average molecular weight is 276 g/mol. The number of carbonyl (C=O) groups is 4. The van der Waals surface area contributed by atoms with Gasteiger partial charge in [0.15, 0.2) is 0 Å². The van der Waals surface area contributed by atoms with E-state index in [1.54, 1.807) is 12.1 Å². The number of amides is 3. The first-order chi connectivity index (χ1) is 9.41. The van der Waals surface area contributed by atoms with E-state index < -0.39 is 17.8 Å². The third-order valence-electron chi connectivity index (χ3n) is 2.85. The smallest absolute Gasteiger partial charge is 0.335 e. The lowest BCUT2D eigenvalue weighted by Gasteiger charge is -2.16. The van der Waals surface area contributed by atoms with E-state index in [0.717, 1.165) is 4.90 Å². The fraction of sp³-hybridized carbons (Fsp3) is 0.231. The van der Waals surface area contributed by atoms with Gasteiger partial charge in [-0.3, -0.25) is 14.4 Å². The molecule has 0 atom stereocenters. The summed E-state index contributed by atoms with van der Waals surface area (Å²) in [5.74, 6) is -2.57. The Morgan fingerprint density at radius 2 is 1.65 bits per heavy atom. The van der Waals surface area contributed by atoms with Crippen LogP contribution in [0.3, 0.4) is 0 Å². The predicted octanol–water partition coefficient (Wildman–Crippen LogP) is 0.219. The highest BCUT2D eigenvalue weighted by atomic mass is 16.7. The Labute approximate surface area is 114 Å². The lowest BCUT2D eigenvalue weighted by molar-refractivity contribution is -0.170. The highest BCUT2D eigenvalue weighted by Crippen LogP contribution is 2.22. The average Bonchev–Trinajstić information content (AvgIpc) is 2.64. The van der Waals surface area contributed by atoms with Crippen LogP contribution in [-0.2, 0) is 14.4 Å². The monoisotopic (exact) mass is 276 g/mol. The molecule has 2 rings (SSSR count). The SMILES string of the molecule is CC(=O)N(C)CC(=O)ON1C(=O)c2ccccc2C1=O. The van der Waals surface area contributed by atoms with Gasteiger partial charge in [0.05, 0.1) is 11.1 Å². The summed E-state index contributed by atoms with van der Waals surface area (Å²) in [6, 6.07) is 6.17. The van der Waals surface area contributed by atoms with Gasteiger partial charge in [-0.15, -0.1) is 0 Å². The van der Waals surface area contributed by atoms with Gasteiger partial charge in [0.1, 0.15) is 6.54 Å². The van der Waals surface area contributed by atoms with Crippen molar-refractivity contribution >= 4 is 23.7 Å². The second-order valence-electron chi connectivity index (χ2n) is 4.29. The topological polar surface area (TPSA) is 84.0 Å². The Kier molecular flexibility index (Phi) is 3.51. The Morgan fingerprint density at radius 1 is 1.15 bits per heavy atom. The number of hydrogen-bond acceptors (Lipinski definition) is 5. The molecule has 1 aromatic rings. The number of likely N-dealkylation sites (N-methyl/N-ethyl adjacent to an activating group) is 1. The maximum absolute atomic E-state index is 11.9. The lowest BCUT2D eigenvalue weighted by atomic mass is 10.1. The summed E-state index contributed by atoms with van der Waals surface area (Å²) in [7, 11) is 1.41. The second-order valence-corrected chi connectivity index (χ2v) is 4.29. The third-order valence-corrected chi connectivity index (χ3v) is 2.85. The van der Waals surface area contributed by atoms with E-state index >= 15 is 0 Å². The summed E-state index contributed by atoms with van der Waals surface area (Å²) < 4.78 is 0. The molecule has 0 fully saturated rings. The van der Waals surface area contributed by atoms with Crippen molar-refractivity contribution in [1.29, 1.82) is 0 Å². The molecule has 104 valence electrons. The van der Waals surface area contributed by atoms with Crippen LogP contribution in [0.5, 0.6) is 0 Å². The van der Waals surface area contributed by atoms with E-state index in [1.165, 1.54) is 26.1 Å². The Morgan fingerprint density at radius 3 is 2.10 bits per heavy atom. The summed E-state index contributed by atoms with van der Waals surface area (Å²) in [5, 5.41) is 0.418. The van der Waals surface area contributed by atoms with E-state index in [0.29, 0.717) is 5.06 Å². The maximum Gasteiger partial charge on any atom is 0.352 e. The van der Waals surface area contributed by atoms with Crippen molar-refractivity contribution in [3.63, 3.8) is 0 Å². The molecule has 0 N–H and O–H groups in total. The maximum atomic E-state index is 11.9. The number of hydroxylamine groups is 2. The molecule has 0 spiro atoms. The molecule has 0 aliphatic carbocycles. The normalized spacial score (nSPS) is 13.2. The molecular weight excluding hydrogens is 264 g/mol. The van der Waals surface area contributed by atoms with Gasteiger partial charge < -0.3 is 9.74 Å². The summed E-state index contributed by atoms with van der Waals surface area (Å²) in [6.07, 6.45) is 0. The molecule has 0 saturated heterocycles. The summed E-state index contributed by atoms with van der Waals surface area (Å²) in [4.78, 5) is 52.3. The molecule has 3 amide bonds. The number of hydrogen-bond donors (Lipinski definition) is 0. The van der Waals surface area contributed by atoms with E-state index in [2.05, 4.69) is 0 Å². The van der Waals surface area contributed by atoms with Crippen LogP contribution in [0, 0.1) is 0 Å². The summed E-state index contributed by atoms with van der Waals surface area (Å²) >= 11 is 0. The molecule has 0 saturated carbocycles. The first-order valence-corrected chi connectivity index (χ1v) is 5.82. The molecule has 1 aliphatic heterocycles. The van der Waals surface area contributed by atoms with Crippen LogP contribution < -0.4 is 0 Å².